The standard InChI is InChI=1S/C17H14BrClN2O2/c1-10-6-15-12(7-14(10)19)13(17(18)23-15)8-16(22)21-9-11-4-2-3-5-20-11/h2-7H,8-9H2,1H3,(H,21,22). The maximum atomic E-state index is 12.2. The molecule has 3 aromatic rings. The van der Waals surface area contributed by atoms with Gasteiger partial charge in [0.2, 0.25) is 5.91 Å². The van der Waals surface area contributed by atoms with Crippen LogP contribution in [0.15, 0.2) is 45.6 Å². The smallest absolute Gasteiger partial charge is 0.224 e. The molecule has 0 aliphatic rings. The number of carbonyl (C=O) groups excluding carboxylic acids is 1. The summed E-state index contributed by atoms with van der Waals surface area (Å²) in [7, 11) is 0. The summed E-state index contributed by atoms with van der Waals surface area (Å²) in [5.74, 6) is -0.101. The number of carbonyl (C=O) groups is 1. The predicted octanol–water partition coefficient (Wildman–Crippen LogP) is 4.41. The molecule has 0 aliphatic heterocycles. The minimum Gasteiger partial charge on any atom is -0.449 e. The van der Waals surface area contributed by atoms with Crippen molar-refractivity contribution in [2.75, 3.05) is 0 Å². The van der Waals surface area contributed by atoms with Crippen LogP contribution in [-0.4, -0.2) is 10.9 Å². The van der Waals surface area contributed by atoms with Crippen molar-refractivity contribution in [1.29, 1.82) is 0 Å². The van der Waals surface area contributed by atoms with Crippen molar-refractivity contribution in [3.05, 3.63) is 63.0 Å². The highest BCUT2D eigenvalue weighted by Crippen LogP contribution is 2.33. The molecule has 0 atom stereocenters. The van der Waals surface area contributed by atoms with E-state index in [0.717, 1.165) is 22.2 Å². The number of halogens is 2. The van der Waals surface area contributed by atoms with Crippen molar-refractivity contribution in [1.82, 2.24) is 10.3 Å². The molecule has 2 aromatic heterocycles. The summed E-state index contributed by atoms with van der Waals surface area (Å²) in [5.41, 5.74) is 3.26. The fraction of sp³-hybridized carbons (Fsp3) is 0.176. The van der Waals surface area contributed by atoms with Crippen molar-refractivity contribution in [3.8, 4) is 0 Å². The summed E-state index contributed by atoms with van der Waals surface area (Å²) in [5, 5.41) is 4.36. The quantitative estimate of drug-likeness (QED) is 0.714. The van der Waals surface area contributed by atoms with Crippen molar-refractivity contribution >= 4 is 44.4 Å². The van der Waals surface area contributed by atoms with Gasteiger partial charge in [-0.3, -0.25) is 9.78 Å². The molecular formula is C17H14BrClN2O2. The lowest BCUT2D eigenvalue weighted by molar-refractivity contribution is -0.120. The number of benzene rings is 1. The Bertz CT molecular complexity index is 862. The summed E-state index contributed by atoms with van der Waals surface area (Å²) in [6.45, 7) is 2.31. The van der Waals surface area contributed by atoms with Crippen molar-refractivity contribution in [2.45, 2.75) is 19.9 Å². The average molecular weight is 394 g/mol. The fourth-order valence-corrected chi connectivity index (χ4v) is 3.01. The Kier molecular flexibility index (Phi) is 4.68. The topological polar surface area (TPSA) is 55.1 Å². The number of hydrogen-bond acceptors (Lipinski definition) is 3. The van der Waals surface area contributed by atoms with E-state index in [9.17, 15) is 4.79 Å². The first-order chi connectivity index (χ1) is 11.0. The van der Waals surface area contributed by atoms with E-state index in [4.69, 9.17) is 16.0 Å². The first-order valence-electron chi connectivity index (χ1n) is 7.08. The summed E-state index contributed by atoms with van der Waals surface area (Å²) in [4.78, 5) is 16.4. The lowest BCUT2D eigenvalue weighted by Gasteiger charge is -2.04. The summed E-state index contributed by atoms with van der Waals surface area (Å²) in [6.07, 6.45) is 1.91. The van der Waals surface area contributed by atoms with Gasteiger partial charge in [-0.05, 0) is 52.7 Å². The molecule has 3 rings (SSSR count). The molecular weight excluding hydrogens is 380 g/mol. The second kappa shape index (κ2) is 6.72. The number of rotatable bonds is 4. The second-order valence-electron chi connectivity index (χ2n) is 5.23. The van der Waals surface area contributed by atoms with E-state index in [1.54, 1.807) is 6.20 Å². The third-order valence-electron chi connectivity index (χ3n) is 3.55. The molecule has 1 amide bonds. The molecule has 0 aliphatic carbocycles. The highest BCUT2D eigenvalue weighted by atomic mass is 79.9. The number of amides is 1. The van der Waals surface area contributed by atoms with Crippen LogP contribution in [0, 0.1) is 6.92 Å². The van der Waals surface area contributed by atoms with Crippen molar-refractivity contribution in [3.63, 3.8) is 0 Å². The first kappa shape index (κ1) is 16.0. The van der Waals surface area contributed by atoms with Gasteiger partial charge in [-0.25, -0.2) is 0 Å². The average Bonchev–Trinajstić information content (AvgIpc) is 2.82. The molecule has 23 heavy (non-hydrogen) atoms. The molecule has 0 spiro atoms. The predicted molar refractivity (Wildman–Crippen MR) is 93.4 cm³/mol. The van der Waals surface area contributed by atoms with Gasteiger partial charge in [0, 0.05) is 22.2 Å². The monoisotopic (exact) mass is 392 g/mol. The molecule has 0 unspecified atom stereocenters. The molecule has 0 saturated carbocycles. The van der Waals surface area contributed by atoms with Gasteiger partial charge in [-0.2, -0.15) is 0 Å². The maximum Gasteiger partial charge on any atom is 0.224 e. The zero-order valence-electron chi connectivity index (χ0n) is 12.4. The van der Waals surface area contributed by atoms with Crippen LogP contribution >= 0.6 is 27.5 Å². The van der Waals surface area contributed by atoms with Crippen LogP contribution < -0.4 is 5.32 Å². The lowest BCUT2D eigenvalue weighted by Crippen LogP contribution is -2.25. The number of hydrogen-bond donors (Lipinski definition) is 1. The van der Waals surface area contributed by atoms with Gasteiger partial charge in [-0.15, -0.1) is 0 Å². The molecule has 4 nitrogen and oxygen atoms in total. The van der Waals surface area contributed by atoms with E-state index in [1.807, 2.05) is 37.3 Å². The molecule has 0 radical (unpaired) electrons. The fourth-order valence-electron chi connectivity index (χ4n) is 2.32. The molecule has 0 saturated heterocycles. The zero-order valence-corrected chi connectivity index (χ0v) is 14.7. The second-order valence-corrected chi connectivity index (χ2v) is 6.35. The van der Waals surface area contributed by atoms with Crippen molar-refractivity contribution < 1.29 is 9.21 Å². The van der Waals surface area contributed by atoms with E-state index in [0.29, 0.717) is 21.8 Å². The van der Waals surface area contributed by atoms with Crippen LogP contribution in [-0.2, 0) is 17.8 Å². The Morgan fingerprint density at radius 1 is 1.39 bits per heavy atom. The molecule has 1 aromatic carbocycles. The lowest BCUT2D eigenvalue weighted by atomic mass is 10.1. The zero-order chi connectivity index (χ0) is 16.4. The highest BCUT2D eigenvalue weighted by molar-refractivity contribution is 9.10. The molecule has 1 N–H and O–H groups in total. The summed E-state index contributed by atoms with van der Waals surface area (Å²) >= 11 is 9.56. The Morgan fingerprint density at radius 3 is 2.96 bits per heavy atom. The van der Waals surface area contributed by atoms with Crippen LogP contribution in [0.4, 0.5) is 0 Å². The van der Waals surface area contributed by atoms with Gasteiger partial charge in [0.1, 0.15) is 5.58 Å². The molecule has 118 valence electrons. The third kappa shape index (κ3) is 3.57. The Balaban J connectivity index is 1.77. The van der Waals surface area contributed by atoms with Gasteiger partial charge in [0.05, 0.1) is 18.7 Å². The highest BCUT2D eigenvalue weighted by Gasteiger charge is 2.16. The van der Waals surface area contributed by atoms with Gasteiger partial charge < -0.3 is 9.73 Å². The van der Waals surface area contributed by atoms with E-state index in [1.165, 1.54) is 0 Å². The number of fused-ring (bicyclic) bond motifs is 1. The Hall–Kier alpha value is -1.85. The minimum absolute atomic E-state index is 0.101. The van der Waals surface area contributed by atoms with Gasteiger partial charge in [0.15, 0.2) is 4.67 Å². The third-order valence-corrected chi connectivity index (χ3v) is 4.60. The molecule has 6 heteroatoms. The van der Waals surface area contributed by atoms with Gasteiger partial charge >= 0.3 is 0 Å². The number of furan rings is 1. The SMILES string of the molecule is Cc1cc2oc(Br)c(CC(=O)NCc3ccccn3)c2cc1Cl. The van der Waals surface area contributed by atoms with E-state index >= 15 is 0 Å². The van der Waals surface area contributed by atoms with Gasteiger partial charge in [-0.1, -0.05) is 17.7 Å². The van der Waals surface area contributed by atoms with Crippen LogP contribution in [0.3, 0.4) is 0 Å². The molecule has 2 heterocycles. The number of nitrogens with zero attached hydrogens (tertiary/aromatic N) is 1. The van der Waals surface area contributed by atoms with E-state index in [2.05, 4.69) is 26.2 Å². The van der Waals surface area contributed by atoms with E-state index < -0.39 is 0 Å². The van der Waals surface area contributed by atoms with Crippen LogP contribution in [0.25, 0.3) is 11.0 Å². The minimum atomic E-state index is -0.101. The number of nitrogens with one attached hydrogen (secondary N) is 1. The van der Waals surface area contributed by atoms with Crippen LogP contribution in [0.5, 0.6) is 0 Å². The molecule has 0 bridgehead atoms. The first-order valence-corrected chi connectivity index (χ1v) is 8.25. The maximum absolute atomic E-state index is 12.2. The summed E-state index contributed by atoms with van der Waals surface area (Å²) in [6, 6.07) is 9.30. The molecule has 0 fully saturated rings. The number of aromatic nitrogens is 1. The number of aryl methyl sites for hydroxylation is 1. The van der Waals surface area contributed by atoms with Crippen LogP contribution in [0.2, 0.25) is 5.02 Å². The van der Waals surface area contributed by atoms with Gasteiger partial charge in [0.25, 0.3) is 0 Å². The normalized spacial score (nSPS) is 10.9. The Morgan fingerprint density at radius 2 is 2.22 bits per heavy atom. The Labute approximate surface area is 147 Å². The van der Waals surface area contributed by atoms with E-state index in [-0.39, 0.29) is 12.3 Å². The number of pyridine rings is 1. The van der Waals surface area contributed by atoms with Crippen LogP contribution in [0.1, 0.15) is 16.8 Å². The van der Waals surface area contributed by atoms with Crippen molar-refractivity contribution in [2.24, 2.45) is 0 Å². The largest absolute Gasteiger partial charge is 0.449 e. The summed E-state index contributed by atoms with van der Waals surface area (Å²) < 4.78 is 6.22.